The lowest BCUT2D eigenvalue weighted by atomic mass is 10.3. The van der Waals surface area contributed by atoms with Gasteiger partial charge < -0.3 is 9.84 Å². The first kappa shape index (κ1) is 18.1. The van der Waals surface area contributed by atoms with E-state index in [-0.39, 0.29) is 25.1 Å². The second kappa shape index (κ2) is 8.51. The topological polar surface area (TPSA) is 66.8 Å². The monoisotopic (exact) mass is 331 g/mol. The van der Waals surface area contributed by atoms with Crippen molar-refractivity contribution in [2.45, 2.75) is 26.5 Å². The number of thiophene rings is 1. The zero-order valence-electron chi connectivity index (χ0n) is 12.5. The molecular weight excluding hydrogens is 310 g/mol. The first-order valence-corrected chi connectivity index (χ1v) is 9.07. The molecule has 1 aromatic rings. The van der Waals surface area contributed by atoms with Gasteiger partial charge in [0.1, 0.15) is 6.61 Å². The van der Waals surface area contributed by atoms with E-state index in [0.29, 0.717) is 6.54 Å². The van der Waals surface area contributed by atoms with E-state index in [1.54, 1.807) is 7.05 Å². The molecule has 0 amide bonds. The van der Waals surface area contributed by atoms with Gasteiger partial charge in [0.05, 0.1) is 18.5 Å². The van der Waals surface area contributed by atoms with Crippen LogP contribution in [0.4, 0.5) is 0 Å². The Balaban J connectivity index is 2.58. The van der Waals surface area contributed by atoms with Crippen LogP contribution < -0.4 is 0 Å². The van der Waals surface area contributed by atoms with E-state index in [4.69, 9.17) is 9.84 Å². The van der Waals surface area contributed by atoms with Crippen LogP contribution in [0.15, 0.2) is 11.4 Å². The first-order chi connectivity index (χ1) is 9.85. The van der Waals surface area contributed by atoms with Crippen molar-refractivity contribution >= 4 is 21.4 Å². The summed E-state index contributed by atoms with van der Waals surface area (Å²) >= 11 is 1.45. The van der Waals surface area contributed by atoms with E-state index >= 15 is 0 Å². The van der Waals surface area contributed by atoms with Crippen molar-refractivity contribution in [2.24, 2.45) is 0 Å². The number of ether oxygens (including phenoxy) is 1. The summed E-state index contributed by atoms with van der Waals surface area (Å²) in [5, 5.41) is 10.5. The van der Waals surface area contributed by atoms with Gasteiger partial charge in [-0.05, 0) is 19.9 Å². The smallest absolute Gasteiger partial charge is 0.216 e. The number of nitrogens with zero attached hydrogens (tertiary/aromatic N) is 1. The molecule has 0 bridgehead atoms. The van der Waals surface area contributed by atoms with Crippen LogP contribution in [0.3, 0.4) is 0 Å². The molecule has 0 atom stereocenters. The zero-order valence-corrected chi connectivity index (χ0v) is 14.1. The fraction of sp³-hybridized carbons (Fsp3) is 0.571. The number of aliphatic hydroxyl groups excluding tert-OH is 1. The minimum atomic E-state index is -3.32. The molecule has 5 nitrogen and oxygen atoms in total. The number of hydrogen-bond donors (Lipinski definition) is 1. The van der Waals surface area contributed by atoms with Crippen LogP contribution in [-0.4, -0.2) is 49.9 Å². The Morgan fingerprint density at radius 1 is 1.48 bits per heavy atom. The largest absolute Gasteiger partial charge is 0.384 e. The minimum absolute atomic E-state index is 0.0236. The molecule has 0 aliphatic heterocycles. The molecule has 0 aliphatic carbocycles. The maximum absolute atomic E-state index is 12.1. The second-order valence-electron chi connectivity index (χ2n) is 4.75. The summed E-state index contributed by atoms with van der Waals surface area (Å²) in [5.74, 6) is 5.34. The normalized spacial score (nSPS) is 11.7. The van der Waals surface area contributed by atoms with Gasteiger partial charge in [0.2, 0.25) is 10.0 Å². The molecule has 0 saturated carbocycles. The fourth-order valence-electron chi connectivity index (χ4n) is 1.53. The highest BCUT2D eigenvalue weighted by atomic mass is 32.2. The summed E-state index contributed by atoms with van der Waals surface area (Å²) in [6.45, 7) is 4.07. The molecule has 0 spiro atoms. The van der Waals surface area contributed by atoms with Crippen molar-refractivity contribution in [3.8, 4) is 11.8 Å². The number of sulfonamides is 1. The SMILES string of the molecule is CC(C)OCCS(=O)(=O)N(C)Cc1cc(C#CCO)cs1. The van der Waals surface area contributed by atoms with Crippen molar-refractivity contribution in [3.05, 3.63) is 21.9 Å². The molecule has 0 aromatic carbocycles. The Hall–Kier alpha value is -0.910. The summed E-state index contributed by atoms with van der Waals surface area (Å²) in [6, 6.07) is 1.84. The lowest BCUT2D eigenvalue weighted by Gasteiger charge is -2.16. The van der Waals surface area contributed by atoms with Crippen LogP contribution in [0, 0.1) is 11.8 Å². The van der Waals surface area contributed by atoms with Crippen LogP contribution in [0.5, 0.6) is 0 Å². The Bertz CT molecular complexity index is 596. The summed E-state index contributed by atoms with van der Waals surface area (Å²) < 4.78 is 30.8. The van der Waals surface area contributed by atoms with Gasteiger partial charge in [-0.25, -0.2) is 8.42 Å². The van der Waals surface area contributed by atoms with E-state index in [9.17, 15) is 8.42 Å². The van der Waals surface area contributed by atoms with Gasteiger partial charge in [0, 0.05) is 29.4 Å². The van der Waals surface area contributed by atoms with Gasteiger partial charge in [0.15, 0.2) is 0 Å². The molecule has 1 rings (SSSR count). The molecule has 0 saturated heterocycles. The Labute approximate surface area is 130 Å². The Morgan fingerprint density at radius 3 is 2.81 bits per heavy atom. The first-order valence-electron chi connectivity index (χ1n) is 6.58. The predicted octanol–water partition coefficient (Wildman–Crippen LogP) is 1.28. The van der Waals surface area contributed by atoms with Crippen molar-refractivity contribution in [2.75, 3.05) is 26.0 Å². The van der Waals surface area contributed by atoms with Crippen molar-refractivity contribution in [1.29, 1.82) is 0 Å². The average molecular weight is 331 g/mol. The third-order valence-corrected chi connectivity index (χ3v) is 5.29. The van der Waals surface area contributed by atoms with Gasteiger partial charge in [-0.1, -0.05) is 11.8 Å². The molecule has 0 unspecified atom stereocenters. The van der Waals surface area contributed by atoms with Crippen LogP contribution >= 0.6 is 11.3 Å². The number of hydrogen-bond acceptors (Lipinski definition) is 5. The third-order valence-electron chi connectivity index (χ3n) is 2.61. The van der Waals surface area contributed by atoms with Gasteiger partial charge in [-0.3, -0.25) is 0 Å². The van der Waals surface area contributed by atoms with Crippen molar-refractivity contribution < 1.29 is 18.3 Å². The van der Waals surface area contributed by atoms with Gasteiger partial charge >= 0.3 is 0 Å². The summed E-state index contributed by atoms with van der Waals surface area (Å²) in [6.07, 6.45) is 0.0236. The maximum atomic E-state index is 12.1. The van der Waals surface area contributed by atoms with E-state index < -0.39 is 10.0 Å². The lowest BCUT2D eigenvalue weighted by molar-refractivity contribution is 0.0907. The Kier molecular flexibility index (Phi) is 7.35. The van der Waals surface area contributed by atoms with Crippen LogP contribution in [-0.2, 0) is 21.3 Å². The molecule has 118 valence electrons. The molecule has 1 aromatic heterocycles. The molecule has 0 aliphatic rings. The molecule has 1 heterocycles. The standard InChI is InChI=1S/C14H21NO4S2/c1-12(2)19-7-8-21(17,18)15(3)10-14-9-13(11-20-14)5-4-6-16/h9,11-12,16H,6-8,10H2,1-3H3. The van der Waals surface area contributed by atoms with Crippen molar-refractivity contribution in [3.63, 3.8) is 0 Å². The summed E-state index contributed by atoms with van der Waals surface area (Å²) in [5.41, 5.74) is 0.790. The number of rotatable bonds is 7. The summed E-state index contributed by atoms with van der Waals surface area (Å²) in [4.78, 5) is 0.910. The van der Waals surface area contributed by atoms with E-state index in [1.165, 1.54) is 15.6 Å². The van der Waals surface area contributed by atoms with E-state index in [1.807, 2.05) is 25.3 Å². The van der Waals surface area contributed by atoms with Crippen LogP contribution in [0.2, 0.25) is 0 Å². The third kappa shape index (κ3) is 6.59. The Morgan fingerprint density at radius 2 is 2.19 bits per heavy atom. The molecular formula is C14H21NO4S2. The summed E-state index contributed by atoms with van der Waals surface area (Å²) in [7, 11) is -1.76. The molecule has 7 heteroatoms. The van der Waals surface area contributed by atoms with Crippen LogP contribution in [0.25, 0.3) is 0 Å². The molecule has 1 N–H and O–H groups in total. The van der Waals surface area contributed by atoms with E-state index in [2.05, 4.69) is 11.8 Å². The zero-order chi connectivity index (χ0) is 15.9. The van der Waals surface area contributed by atoms with Gasteiger partial charge in [-0.2, -0.15) is 4.31 Å². The van der Waals surface area contributed by atoms with Gasteiger partial charge in [0.25, 0.3) is 0 Å². The number of aliphatic hydroxyl groups is 1. The quantitative estimate of drug-likeness (QED) is 0.764. The molecule has 0 radical (unpaired) electrons. The van der Waals surface area contributed by atoms with E-state index in [0.717, 1.165) is 10.4 Å². The fourth-order valence-corrected chi connectivity index (χ4v) is 3.44. The minimum Gasteiger partial charge on any atom is -0.384 e. The highest BCUT2D eigenvalue weighted by molar-refractivity contribution is 7.89. The van der Waals surface area contributed by atoms with Gasteiger partial charge in [-0.15, -0.1) is 11.3 Å². The van der Waals surface area contributed by atoms with Crippen molar-refractivity contribution in [1.82, 2.24) is 4.31 Å². The highest BCUT2D eigenvalue weighted by Gasteiger charge is 2.18. The highest BCUT2D eigenvalue weighted by Crippen LogP contribution is 2.17. The second-order valence-corrected chi connectivity index (χ2v) is 7.94. The molecule has 21 heavy (non-hydrogen) atoms. The van der Waals surface area contributed by atoms with Crippen LogP contribution in [0.1, 0.15) is 24.3 Å². The lowest BCUT2D eigenvalue weighted by Crippen LogP contribution is -2.30. The average Bonchev–Trinajstić information content (AvgIpc) is 2.83. The maximum Gasteiger partial charge on any atom is 0.216 e. The molecule has 0 fully saturated rings. The predicted molar refractivity (Wildman–Crippen MR) is 84.6 cm³/mol.